The average molecular weight is 229 g/mol. The summed E-state index contributed by atoms with van der Waals surface area (Å²) in [6.07, 6.45) is 1.32. The molecule has 0 unspecified atom stereocenters. The summed E-state index contributed by atoms with van der Waals surface area (Å²) in [6, 6.07) is 8.56. The number of nitrogens with one attached hydrogen (secondary N) is 1. The first kappa shape index (κ1) is 11.6. The van der Waals surface area contributed by atoms with E-state index in [2.05, 4.69) is 51.7 Å². The van der Waals surface area contributed by atoms with Crippen LogP contribution in [0.5, 0.6) is 0 Å². The van der Waals surface area contributed by atoms with Crippen molar-refractivity contribution in [2.24, 2.45) is 0 Å². The van der Waals surface area contributed by atoms with Gasteiger partial charge in [0.2, 0.25) is 5.82 Å². The fraction of sp³-hybridized carbons (Fsp3) is 0.333. The molecule has 0 aliphatic carbocycles. The van der Waals surface area contributed by atoms with Gasteiger partial charge in [-0.05, 0) is 5.56 Å². The fourth-order valence-electron chi connectivity index (χ4n) is 1.41. The highest BCUT2D eigenvalue weighted by molar-refractivity contribution is 5.53. The van der Waals surface area contributed by atoms with E-state index in [0.29, 0.717) is 11.9 Å². The molecule has 0 fully saturated rings. The summed E-state index contributed by atoms with van der Waals surface area (Å²) >= 11 is 0. The molecule has 0 aliphatic heterocycles. The highest BCUT2D eigenvalue weighted by Gasteiger charge is 2.01. The Labute approximate surface area is 100 Å². The van der Waals surface area contributed by atoms with Crippen molar-refractivity contribution in [3.05, 3.63) is 36.2 Å². The van der Waals surface area contributed by atoms with Crippen molar-refractivity contribution in [3.63, 3.8) is 0 Å². The summed E-state index contributed by atoms with van der Waals surface area (Å²) in [5, 5.41) is 18.6. The van der Waals surface area contributed by atoms with Gasteiger partial charge in [-0.1, -0.05) is 38.1 Å². The van der Waals surface area contributed by atoms with Gasteiger partial charge in [-0.3, -0.25) is 0 Å². The van der Waals surface area contributed by atoms with E-state index in [-0.39, 0.29) is 0 Å². The molecule has 0 amide bonds. The van der Waals surface area contributed by atoms with Crippen molar-refractivity contribution in [1.82, 2.24) is 25.7 Å². The summed E-state index contributed by atoms with van der Waals surface area (Å²) < 4.78 is 0. The minimum Gasteiger partial charge on any atom is -0.310 e. The number of aromatic nitrogens is 4. The minimum atomic E-state index is 0.487. The third kappa shape index (κ3) is 3.29. The van der Waals surface area contributed by atoms with Crippen LogP contribution in [0.4, 0.5) is 0 Å². The first-order valence-electron chi connectivity index (χ1n) is 5.59. The van der Waals surface area contributed by atoms with Crippen LogP contribution in [0, 0.1) is 0 Å². The van der Waals surface area contributed by atoms with Crippen molar-refractivity contribution < 1.29 is 0 Å². The highest BCUT2D eigenvalue weighted by atomic mass is 15.3. The van der Waals surface area contributed by atoms with E-state index in [1.54, 1.807) is 0 Å². The van der Waals surface area contributed by atoms with Crippen LogP contribution in [-0.4, -0.2) is 26.4 Å². The van der Waals surface area contributed by atoms with E-state index in [1.807, 2.05) is 12.1 Å². The lowest BCUT2D eigenvalue weighted by Crippen LogP contribution is -2.21. The van der Waals surface area contributed by atoms with Gasteiger partial charge in [-0.2, -0.15) is 0 Å². The van der Waals surface area contributed by atoms with E-state index in [9.17, 15) is 0 Å². The van der Waals surface area contributed by atoms with Gasteiger partial charge in [0.1, 0.15) is 0 Å². The first-order valence-corrected chi connectivity index (χ1v) is 5.59. The molecule has 2 rings (SSSR count). The Hall–Kier alpha value is -1.88. The van der Waals surface area contributed by atoms with E-state index >= 15 is 0 Å². The number of benzene rings is 1. The molecule has 88 valence electrons. The molecule has 0 saturated carbocycles. The van der Waals surface area contributed by atoms with Crippen molar-refractivity contribution in [1.29, 1.82) is 0 Å². The zero-order valence-corrected chi connectivity index (χ0v) is 9.96. The maximum atomic E-state index is 3.91. The lowest BCUT2D eigenvalue weighted by molar-refractivity contribution is 0.589. The Morgan fingerprint density at radius 1 is 1.06 bits per heavy atom. The third-order valence-corrected chi connectivity index (χ3v) is 2.33. The predicted octanol–water partition coefficient (Wildman–Crippen LogP) is 1.43. The molecular weight excluding hydrogens is 214 g/mol. The molecule has 5 heteroatoms. The van der Waals surface area contributed by atoms with Crippen LogP contribution in [0.1, 0.15) is 19.4 Å². The Kier molecular flexibility index (Phi) is 3.72. The first-order chi connectivity index (χ1) is 8.25. The van der Waals surface area contributed by atoms with Crippen LogP contribution >= 0.6 is 0 Å². The number of rotatable bonds is 4. The maximum absolute atomic E-state index is 3.91. The van der Waals surface area contributed by atoms with Crippen molar-refractivity contribution in [3.8, 4) is 11.4 Å². The maximum Gasteiger partial charge on any atom is 0.203 e. The lowest BCUT2D eigenvalue weighted by Gasteiger charge is -2.08. The molecule has 17 heavy (non-hydrogen) atoms. The topological polar surface area (TPSA) is 63.6 Å². The lowest BCUT2D eigenvalue weighted by atomic mass is 10.1. The second-order valence-electron chi connectivity index (χ2n) is 4.10. The van der Waals surface area contributed by atoms with E-state index in [4.69, 9.17) is 0 Å². The number of hydrogen-bond acceptors (Lipinski definition) is 5. The third-order valence-electron chi connectivity index (χ3n) is 2.33. The van der Waals surface area contributed by atoms with Crippen LogP contribution in [0.25, 0.3) is 11.4 Å². The second kappa shape index (κ2) is 5.45. The van der Waals surface area contributed by atoms with Gasteiger partial charge in [-0.15, -0.1) is 20.4 Å². The van der Waals surface area contributed by atoms with Crippen LogP contribution in [-0.2, 0) is 6.54 Å². The van der Waals surface area contributed by atoms with E-state index < -0.39 is 0 Å². The van der Waals surface area contributed by atoms with Gasteiger partial charge in [0.25, 0.3) is 0 Å². The Balaban J connectivity index is 2.08. The van der Waals surface area contributed by atoms with Gasteiger partial charge < -0.3 is 5.32 Å². The molecule has 0 saturated heterocycles. The van der Waals surface area contributed by atoms with Crippen molar-refractivity contribution in [2.75, 3.05) is 0 Å². The average Bonchev–Trinajstić information content (AvgIpc) is 2.38. The van der Waals surface area contributed by atoms with E-state index in [0.717, 1.165) is 12.1 Å². The Bertz CT molecular complexity index is 452. The monoisotopic (exact) mass is 229 g/mol. The van der Waals surface area contributed by atoms with Gasteiger partial charge in [0, 0.05) is 18.2 Å². The summed E-state index contributed by atoms with van der Waals surface area (Å²) in [5.74, 6) is 0.552. The summed E-state index contributed by atoms with van der Waals surface area (Å²) in [7, 11) is 0. The van der Waals surface area contributed by atoms with E-state index in [1.165, 1.54) is 11.9 Å². The Morgan fingerprint density at radius 2 is 1.71 bits per heavy atom. The quantitative estimate of drug-likeness (QED) is 0.859. The van der Waals surface area contributed by atoms with Gasteiger partial charge in [0.05, 0.1) is 0 Å². The molecule has 5 nitrogen and oxygen atoms in total. The van der Waals surface area contributed by atoms with Crippen LogP contribution in [0.2, 0.25) is 0 Å². The Morgan fingerprint density at radius 3 is 2.29 bits per heavy atom. The van der Waals surface area contributed by atoms with Crippen LogP contribution < -0.4 is 5.32 Å². The molecule has 1 aromatic carbocycles. The summed E-state index contributed by atoms with van der Waals surface area (Å²) in [6.45, 7) is 5.12. The molecule has 0 radical (unpaired) electrons. The molecule has 1 N–H and O–H groups in total. The predicted molar refractivity (Wildman–Crippen MR) is 65.0 cm³/mol. The van der Waals surface area contributed by atoms with Crippen LogP contribution in [0.15, 0.2) is 30.6 Å². The molecular formula is C12H15N5. The van der Waals surface area contributed by atoms with Crippen LogP contribution in [0.3, 0.4) is 0 Å². The summed E-state index contributed by atoms with van der Waals surface area (Å²) in [5.41, 5.74) is 2.16. The molecule has 0 bridgehead atoms. The SMILES string of the molecule is CC(C)NCc1ccc(-c2nncnn2)cc1. The normalized spacial score (nSPS) is 10.8. The molecule has 0 spiro atoms. The molecule has 0 aliphatic rings. The molecule has 1 heterocycles. The number of nitrogens with zero attached hydrogens (tertiary/aromatic N) is 4. The fourth-order valence-corrected chi connectivity index (χ4v) is 1.41. The van der Waals surface area contributed by atoms with Gasteiger partial charge in [-0.25, -0.2) is 0 Å². The smallest absolute Gasteiger partial charge is 0.203 e. The highest BCUT2D eigenvalue weighted by Crippen LogP contribution is 2.13. The molecule has 0 atom stereocenters. The van der Waals surface area contributed by atoms with Crippen molar-refractivity contribution in [2.45, 2.75) is 26.4 Å². The summed E-state index contributed by atoms with van der Waals surface area (Å²) in [4.78, 5) is 0. The zero-order valence-electron chi connectivity index (χ0n) is 9.96. The zero-order chi connectivity index (χ0) is 12.1. The molecule has 2 aromatic rings. The van der Waals surface area contributed by atoms with Gasteiger partial charge >= 0.3 is 0 Å². The largest absolute Gasteiger partial charge is 0.310 e. The second-order valence-corrected chi connectivity index (χ2v) is 4.10. The molecule has 1 aromatic heterocycles. The van der Waals surface area contributed by atoms with Crippen molar-refractivity contribution >= 4 is 0 Å². The standard InChI is InChI=1S/C12H15N5/c1-9(2)13-7-10-3-5-11(6-4-10)12-16-14-8-15-17-12/h3-6,8-9,13H,7H2,1-2H3. The number of hydrogen-bond donors (Lipinski definition) is 1. The minimum absolute atomic E-state index is 0.487. The van der Waals surface area contributed by atoms with Gasteiger partial charge in [0.15, 0.2) is 6.33 Å².